The highest BCUT2D eigenvalue weighted by Crippen LogP contribution is 2.19. The summed E-state index contributed by atoms with van der Waals surface area (Å²) < 4.78 is 1.53. The molecule has 19 heavy (non-hydrogen) atoms. The first-order valence-electron chi connectivity index (χ1n) is 6.21. The summed E-state index contributed by atoms with van der Waals surface area (Å²) in [5.41, 5.74) is 1.45. The van der Waals surface area contributed by atoms with Crippen LogP contribution >= 0.6 is 0 Å². The van der Waals surface area contributed by atoms with Gasteiger partial charge in [-0.2, -0.15) is 4.68 Å². The Kier molecular flexibility index (Phi) is 3.20. The van der Waals surface area contributed by atoms with Gasteiger partial charge < -0.3 is 10.6 Å². The van der Waals surface area contributed by atoms with E-state index in [0.29, 0.717) is 5.69 Å². The van der Waals surface area contributed by atoms with E-state index in [-0.39, 0.29) is 11.9 Å². The average Bonchev–Trinajstić information content (AvgIpc) is 3.13. The Labute approximate surface area is 110 Å². The van der Waals surface area contributed by atoms with Crippen molar-refractivity contribution in [3.63, 3.8) is 0 Å². The van der Waals surface area contributed by atoms with Crippen LogP contribution in [0.5, 0.6) is 0 Å². The quantitative estimate of drug-likeness (QED) is 0.830. The number of tetrazole rings is 1. The standard InChI is InChI=1S/C12H14N6O/c19-12(10-5-3-7-13-10)15-9-4-1-2-6-11(9)18-8-14-16-17-18/h1-2,4,6,8,10,13H,3,5,7H2,(H,15,19)/t10-/m1/s1. The minimum Gasteiger partial charge on any atom is -0.323 e. The van der Waals surface area contributed by atoms with Crippen LogP contribution < -0.4 is 10.6 Å². The van der Waals surface area contributed by atoms with Gasteiger partial charge in [-0.25, -0.2) is 0 Å². The van der Waals surface area contributed by atoms with Crippen LogP contribution in [0.25, 0.3) is 5.69 Å². The number of para-hydroxylation sites is 2. The number of carbonyl (C=O) groups is 1. The zero-order valence-corrected chi connectivity index (χ0v) is 10.3. The first kappa shape index (κ1) is 11.8. The highest BCUT2D eigenvalue weighted by molar-refractivity contribution is 5.96. The number of benzene rings is 1. The average molecular weight is 258 g/mol. The Morgan fingerprint density at radius 1 is 1.42 bits per heavy atom. The molecule has 2 N–H and O–H groups in total. The van der Waals surface area contributed by atoms with E-state index in [4.69, 9.17) is 0 Å². The molecule has 1 aromatic heterocycles. The normalized spacial score (nSPS) is 18.4. The fraction of sp³-hybridized carbons (Fsp3) is 0.333. The van der Waals surface area contributed by atoms with E-state index < -0.39 is 0 Å². The van der Waals surface area contributed by atoms with Crippen LogP contribution in [0.15, 0.2) is 30.6 Å². The third-order valence-electron chi connectivity index (χ3n) is 3.13. The number of hydrogen-bond donors (Lipinski definition) is 2. The van der Waals surface area contributed by atoms with Gasteiger partial charge in [-0.3, -0.25) is 4.79 Å². The Morgan fingerprint density at radius 3 is 3.05 bits per heavy atom. The van der Waals surface area contributed by atoms with E-state index in [2.05, 4.69) is 26.2 Å². The molecule has 0 unspecified atom stereocenters. The molecule has 1 saturated heterocycles. The molecule has 0 aliphatic carbocycles. The number of rotatable bonds is 3. The number of anilines is 1. The van der Waals surface area contributed by atoms with E-state index in [0.717, 1.165) is 25.1 Å². The highest BCUT2D eigenvalue weighted by Gasteiger charge is 2.22. The van der Waals surface area contributed by atoms with Gasteiger partial charge in [0.1, 0.15) is 6.33 Å². The van der Waals surface area contributed by atoms with Crippen LogP contribution in [0.3, 0.4) is 0 Å². The fourth-order valence-corrected chi connectivity index (χ4v) is 2.18. The molecule has 1 amide bonds. The largest absolute Gasteiger partial charge is 0.323 e. The second-order valence-electron chi connectivity index (χ2n) is 4.41. The van der Waals surface area contributed by atoms with E-state index >= 15 is 0 Å². The van der Waals surface area contributed by atoms with Crippen molar-refractivity contribution >= 4 is 11.6 Å². The zero-order chi connectivity index (χ0) is 13.1. The molecule has 2 heterocycles. The maximum Gasteiger partial charge on any atom is 0.241 e. The molecular weight excluding hydrogens is 244 g/mol. The van der Waals surface area contributed by atoms with Gasteiger partial charge in [0, 0.05) is 0 Å². The molecule has 1 fully saturated rings. The predicted octanol–water partition coefficient (Wildman–Crippen LogP) is 0.353. The molecule has 1 atom stereocenters. The van der Waals surface area contributed by atoms with Crippen LogP contribution in [0.1, 0.15) is 12.8 Å². The minimum absolute atomic E-state index is 0.0157. The first-order chi connectivity index (χ1) is 9.34. The summed E-state index contributed by atoms with van der Waals surface area (Å²) in [6.07, 6.45) is 3.41. The SMILES string of the molecule is O=C(Nc1ccccc1-n1cnnn1)[C@H]1CCCN1. The summed E-state index contributed by atoms with van der Waals surface area (Å²) in [5.74, 6) is -0.0157. The van der Waals surface area contributed by atoms with Crippen LogP contribution in [0, 0.1) is 0 Å². The Hall–Kier alpha value is -2.28. The van der Waals surface area contributed by atoms with Crippen molar-refractivity contribution in [2.75, 3.05) is 11.9 Å². The van der Waals surface area contributed by atoms with Crippen LogP contribution in [0.2, 0.25) is 0 Å². The first-order valence-corrected chi connectivity index (χ1v) is 6.21. The predicted molar refractivity (Wildman–Crippen MR) is 68.8 cm³/mol. The smallest absolute Gasteiger partial charge is 0.241 e. The Morgan fingerprint density at radius 2 is 2.32 bits per heavy atom. The molecule has 0 bridgehead atoms. The summed E-state index contributed by atoms with van der Waals surface area (Å²) in [5, 5.41) is 17.1. The molecule has 7 nitrogen and oxygen atoms in total. The molecule has 1 aliphatic rings. The molecule has 2 aromatic rings. The van der Waals surface area contributed by atoms with Crippen molar-refractivity contribution in [2.45, 2.75) is 18.9 Å². The van der Waals surface area contributed by atoms with Gasteiger partial charge in [-0.05, 0) is 41.9 Å². The lowest BCUT2D eigenvalue weighted by Crippen LogP contribution is -2.35. The van der Waals surface area contributed by atoms with Gasteiger partial charge in [0.2, 0.25) is 5.91 Å². The Bertz CT molecular complexity index is 561. The topological polar surface area (TPSA) is 84.7 Å². The second-order valence-corrected chi connectivity index (χ2v) is 4.41. The van der Waals surface area contributed by atoms with Crippen molar-refractivity contribution in [3.05, 3.63) is 30.6 Å². The minimum atomic E-state index is -0.109. The summed E-state index contributed by atoms with van der Waals surface area (Å²) >= 11 is 0. The van der Waals surface area contributed by atoms with Crippen molar-refractivity contribution in [1.82, 2.24) is 25.5 Å². The number of nitrogens with one attached hydrogen (secondary N) is 2. The summed E-state index contributed by atoms with van der Waals surface area (Å²) in [4.78, 5) is 12.1. The fourth-order valence-electron chi connectivity index (χ4n) is 2.18. The van der Waals surface area contributed by atoms with Crippen molar-refractivity contribution in [2.24, 2.45) is 0 Å². The molecule has 0 spiro atoms. The summed E-state index contributed by atoms with van der Waals surface area (Å²) in [6, 6.07) is 7.33. The molecule has 98 valence electrons. The van der Waals surface area contributed by atoms with Gasteiger partial charge in [-0.1, -0.05) is 12.1 Å². The lowest BCUT2D eigenvalue weighted by atomic mass is 10.2. The monoisotopic (exact) mass is 258 g/mol. The number of nitrogens with zero attached hydrogens (tertiary/aromatic N) is 4. The van der Waals surface area contributed by atoms with Gasteiger partial charge in [0.05, 0.1) is 17.4 Å². The molecule has 0 radical (unpaired) electrons. The van der Waals surface area contributed by atoms with Gasteiger partial charge in [0.25, 0.3) is 0 Å². The number of aromatic nitrogens is 4. The molecule has 7 heteroatoms. The van der Waals surface area contributed by atoms with E-state index in [1.54, 1.807) is 0 Å². The van der Waals surface area contributed by atoms with E-state index in [9.17, 15) is 4.79 Å². The van der Waals surface area contributed by atoms with Crippen molar-refractivity contribution in [3.8, 4) is 5.69 Å². The van der Waals surface area contributed by atoms with E-state index in [1.807, 2.05) is 24.3 Å². The third-order valence-corrected chi connectivity index (χ3v) is 3.13. The molecule has 3 rings (SSSR count). The third kappa shape index (κ3) is 2.45. The van der Waals surface area contributed by atoms with Crippen LogP contribution in [-0.4, -0.2) is 38.7 Å². The molecule has 0 saturated carbocycles. The summed E-state index contributed by atoms with van der Waals surface area (Å²) in [6.45, 7) is 0.896. The van der Waals surface area contributed by atoms with Gasteiger partial charge >= 0.3 is 0 Å². The zero-order valence-electron chi connectivity index (χ0n) is 10.3. The Balaban J connectivity index is 1.83. The lowest BCUT2D eigenvalue weighted by molar-refractivity contribution is -0.117. The second kappa shape index (κ2) is 5.15. The van der Waals surface area contributed by atoms with E-state index in [1.165, 1.54) is 11.0 Å². The molecule has 1 aliphatic heterocycles. The van der Waals surface area contributed by atoms with Gasteiger partial charge in [0.15, 0.2) is 0 Å². The highest BCUT2D eigenvalue weighted by atomic mass is 16.2. The van der Waals surface area contributed by atoms with Crippen LogP contribution in [0.4, 0.5) is 5.69 Å². The number of amides is 1. The van der Waals surface area contributed by atoms with Crippen LogP contribution in [-0.2, 0) is 4.79 Å². The maximum atomic E-state index is 12.1. The summed E-state index contributed by atoms with van der Waals surface area (Å²) in [7, 11) is 0. The number of hydrogen-bond acceptors (Lipinski definition) is 5. The molecular formula is C12H14N6O. The van der Waals surface area contributed by atoms with Gasteiger partial charge in [-0.15, -0.1) is 5.10 Å². The maximum absolute atomic E-state index is 12.1. The molecule has 1 aromatic carbocycles. The van der Waals surface area contributed by atoms with Crippen molar-refractivity contribution in [1.29, 1.82) is 0 Å². The van der Waals surface area contributed by atoms with Crippen molar-refractivity contribution < 1.29 is 4.79 Å². The lowest BCUT2D eigenvalue weighted by Gasteiger charge is -2.13. The number of carbonyl (C=O) groups excluding carboxylic acids is 1.